The second-order valence-electron chi connectivity index (χ2n) is 4.78. The summed E-state index contributed by atoms with van der Waals surface area (Å²) in [6.07, 6.45) is 3.06. The summed E-state index contributed by atoms with van der Waals surface area (Å²) in [5.41, 5.74) is 0.968. The van der Waals surface area contributed by atoms with Crippen molar-refractivity contribution in [2.45, 2.75) is 26.3 Å². The molecule has 0 fully saturated rings. The van der Waals surface area contributed by atoms with E-state index in [2.05, 4.69) is 24.1 Å². The van der Waals surface area contributed by atoms with E-state index in [9.17, 15) is 0 Å². The van der Waals surface area contributed by atoms with E-state index in [1.807, 2.05) is 24.4 Å². The average Bonchev–Trinajstić information content (AvgIpc) is 3.01. The van der Waals surface area contributed by atoms with Crippen LogP contribution >= 0.6 is 11.3 Å². The van der Waals surface area contributed by atoms with Crippen molar-refractivity contribution in [2.24, 2.45) is 0 Å². The van der Waals surface area contributed by atoms with Crippen LogP contribution in [0.2, 0.25) is 0 Å². The zero-order valence-corrected chi connectivity index (χ0v) is 13.8. The van der Waals surface area contributed by atoms with E-state index < -0.39 is 0 Å². The number of thiazole rings is 1. The predicted octanol–water partition coefficient (Wildman–Crippen LogP) is 3.89. The second-order valence-corrected chi connectivity index (χ2v) is 5.85. The van der Waals surface area contributed by atoms with E-state index >= 15 is 0 Å². The molecule has 0 radical (unpaired) electrons. The number of ether oxygens (including phenoxy) is 2. The van der Waals surface area contributed by atoms with E-state index in [1.54, 1.807) is 25.6 Å². The molecule has 4 nitrogen and oxygen atoms in total. The average molecular weight is 306 g/mol. The van der Waals surface area contributed by atoms with Crippen molar-refractivity contribution in [3.63, 3.8) is 0 Å². The molecule has 1 N–H and O–H groups in total. The van der Waals surface area contributed by atoms with Gasteiger partial charge in [0.15, 0.2) is 11.5 Å². The number of nitrogens with zero attached hydrogens (tertiary/aromatic N) is 1. The lowest BCUT2D eigenvalue weighted by atomic mass is 10.2. The first kappa shape index (κ1) is 15.8. The molecule has 1 aromatic carbocycles. The van der Waals surface area contributed by atoms with Gasteiger partial charge in [-0.3, -0.25) is 0 Å². The van der Waals surface area contributed by atoms with Gasteiger partial charge >= 0.3 is 0 Å². The van der Waals surface area contributed by atoms with E-state index in [0.717, 1.165) is 35.0 Å². The molecule has 0 aliphatic heterocycles. The standard InChI is InChI=1S/C16H22N2O2S/c1-5-9-17-11(2)14-10-18-16(21-14)12-7-6-8-13(19-3)15(12)20-4/h6-8,10-11,17H,5,9H2,1-4H3. The van der Waals surface area contributed by atoms with Crippen LogP contribution in [0.15, 0.2) is 24.4 Å². The Hall–Kier alpha value is -1.59. The highest BCUT2D eigenvalue weighted by atomic mass is 32.1. The number of rotatable bonds is 7. The summed E-state index contributed by atoms with van der Waals surface area (Å²) >= 11 is 1.68. The third-order valence-corrected chi connectivity index (χ3v) is 4.50. The van der Waals surface area contributed by atoms with Crippen molar-refractivity contribution in [2.75, 3.05) is 20.8 Å². The fourth-order valence-corrected chi connectivity index (χ4v) is 3.09. The molecule has 0 saturated heterocycles. The van der Waals surface area contributed by atoms with Crippen molar-refractivity contribution in [1.82, 2.24) is 10.3 Å². The van der Waals surface area contributed by atoms with Gasteiger partial charge in [0.1, 0.15) is 5.01 Å². The van der Waals surface area contributed by atoms with Crippen LogP contribution in [0.4, 0.5) is 0 Å². The van der Waals surface area contributed by atoms with Gasteiger partial charge in [-0.25, -0.2) is 4.98 Å². The third kappa shape index (κ3) is 3.54. The largest absolute Gasteiger partial charge is 0.493 e. The first-order valence-corrected chi connectivity index (χ1v) is 7.93. The maximum Gasteiger partial charge on any atom is 0.170 e. The fraction of sp³-hybridized carbons (Fsp3) is 0.438. The summed E-state index contributed by atoms with van der Waals surface area (Å²) < 4.78 is 10.8. The first-order chi connectivity index (χ1) is 10.2. The minimum absolute atomic E-state index is 0.313. The summed E-state index contributed by atoms with van der Waals surface area (Å²) in [4.78, 5) is 5.77. The highest BCUT2D eigenvalue weighted by Gasteiger charge is 2.16. The van der Waals surface area contributed by atoms with E-state index in [1.165, 1.54) is 4.88 Å². The van der Waals surface area contributed by atoms with Gasteiger partial charge in [0.25, 0.3) is 0 Å². The molecule has 1 unspecified atom stereocenters. The van der Waals surface area contributed by atoms with Gasteiger partial charge in [-0.15, -0.1) is 11.3 Å². The van der Waals surface area contributed by atoms with Crippen molar-refractivity contribution in [3.8, 4) is 22.1 Å². The molecule has 0 saturated carbocycles. The molecule has 0 aliphatic rings. The molecule has 2 rings (SSSR count). The molecule has 0 amide bonds. The lowest BCUT2D eigenvalue weighted by Crippen LogP contribution is -2.18. The number of aromatic nitrogens is 1. The fourth-order valence-electron chi connectivity index (χ4n) is 2.13. The minimum Gasteiger partial charge on any atom is -0.493 e. The highest BCUT2D eigenvalue weighted by molar-refractivity contribution is 7.15. The normalized spacial score (nSPS) is 12.2. The Labute approximate surface area is 130 Å². The van der Waals surface area contributed by atoms with Crippen molar-refractivity contribution < 1.29 is 9.47 Å². The Morgan fingerprint density at radius 3 is 2.76 bits per heavy atom. The molecule has 0 bridgehead atoms. The molecule has 0 aliphatic carbocycles. The maximum absolute atomic E-state index is 5.48. The van der Waals surface area contributed by atoms with Crippen LogP contribution in [-0.4, -0.2) is 25.7 Å². The van der Waals surface area contributed by atoms with Crippen molar-refractivity contribution in [3.05, 3.63) is 29.3 Å². The smallest absolute Gasteiger partial charge is 0.170 e. The lowest BCUT2D eigenvalue weighted by molar-refractivity contribution is 0.356. The number of benzene rings is 1. The molecule has 1 heterocycles. The number of para-hydroxylation sites is 1. The number of methoxy groups -OCH3 is 2. The minimum atomic E-state index is 0.313. The quantitative estimate of drug-likeness (QED) is 0.843. The van der Waals surface area contributed by atoms with Gasteiger partial charge in [0, 0.05) is 17.1 Å². The topological polar surface area (TPSA) is 43.4 Å². The van der Waals surface area contributed by atoms with E-state index in [-0.39, 0.29) is 0 Å². The van der Waals surface area contributed by atoms with Gasteiger partial charge in [-0.1, -0.05) is 13.0 Å². The Morgan fingerprint density at radius 2 is 2.10 bits per heavy atom. The summed E-state index contributed by atoms with van der Waals surface area (Å²) in [7, 11) is 3.30. The van der Waals surface area contributed by atoms with Gasteiger partial charge < -0.3 is 14.8 Å². The Balaban J connectivity index is 2.29. The van der Waals surface area contributed by atoms with Gasteiger partial charge in [-0.05, 0) is 32.0 Å². The maximum atomic E-state index is 5.48. The zero-order valence-electron chi connectivity index (χ0n) is 13.0. The molecule has 0 spiro atoms. The Morgan fingerprint density at radius 1 is 1.29 bits per heavy atom. The molecule has 114 valence electrons. The summed E-state index contributed by atoms with van der Waals surface area (Å²) in [5.74, 6) is 1.46. The molecule has 2 aromatic rings. The number of hydrogen-bond acceptors (Lipinski definition) is 5. The SMILES string of the molecule is CCCNC(C)c1cnc(-c2cccc(OC)c2OC)s1. The first-order valence-electron chi connectivity index (χ1n) is 7.11. The zero-order chi connectivity index (χ0) is 15.2. The van der Waals surface area contributed by atoms with Crippen LogP contribution in [0.25, 0.3) is 10.6 Å². The Kier molecular flexibility index (Phi) is 5.59. The van der Waals surface area contributed by atoms with Crippen LogP contribution in [0, 0.1) is 0 Å². The highest BCUT2D eigenvalue weighted by Crippen LogP contribution is 2.40. The summed E-state index contributed by atoms with van der Waals surface area (Å²) in [5, 5.41) is 4.43. The molecular weight excluding hydrogens is 284 g/mol. The lowest BCUT2D eigenvalue weighted by Gasteiger charge is -2.11. The summed E-state index contributed by atoms with van der Waals surface area (Å²) in [6, 6.07) is 6.17. The van der Waals surface area contributed by atoms with E-state index in [4.69, 9.17) is 9.47 Å². The number of hydrogen-bond donors (Lipinski definition) is 1. The molecule has 1 aromatic heterocycles. The van der Waals surface area contributed by atoms with Crippen LogP contribution in [0.3, 0.4) is 0 Å². The van der Waals surface area contributed by atoms with Gasteiger partial charge in [0.05, 0.1) is 19.8 Å². The third-order valence-electron chi connectivity index (χ3n) is 3.28. The monoisotopic (exact) mass is 306 g/mol. The van der Waals surface area contributed by atoms with Crippen LogP contribution in [0.1, 0.15) is 31.2 Å². The molecule has 21 heavy (non-hydrogen) atoms. The predicted molar refractivity (Wildman–Crippen MR) is 87.4 cm³/mol. The Bertz CT molecular complexity index is 583. The van der Waals surface area contributed by atoms with Gasteiger partial charge in [0.2, 0.25) is 0 Å². The molecular formula is C16H22N2O2S. The van der Waals surface area contributed by atoms with Gasteiger partial charge in [-0.2, -0.15) is 0 Å². The van der Waals surface area contributed by atoms with Crippen LogP contribution < -0.4 is 14.8 Å². The summed E-state index contributed by atoms with van der Waals surface area (Å²) in [6.45, 7) is 5.34. The van der Waals surface area contributed by atoms with Crippen molar-refractivity contribution in [1.29, 1.82) is 0 Å². The molecule has 5 heteroatoms. The number of nitrogens with one attached hydrogen (secondary N) is 1. The van der Waals surface area contributed by atoms with Crippen molar-refractivity contribution >= 4 is 11.3 Å². The molecule has 1 atom stereocenters. The van der Waals surface area contributed by atoms with Crippen LogP contribution in [0.5, 0.6) is 11.5 Å². The second kappa shape index (κ2) is 7.43. The van der Waals surface area contributed by atoms with E-state index in [0.29, 0.717) is 6.04 Å². The van der Waals surface area contributed by atoms with Crippen LogP contribution in [-0.2, 0) is 0 Å².